The van der Waals surface area contributed by atoms with E-state index in [9.17, 15) is 19.7 Å². The maximum atomic E-state index is 12.2. The lowest BCUT2D eigenvalue weighted by molar-refractivity contribution is -0.384. The zero-order valence-electron chi connectivity index (χ0n) is 12.6. The summed E-state index contributed by atoms with van der Waals surface area (Å²) in [6, 6.07) is 11.4. The number of ether oxygens (including phenoxy) is 1. The number of alkyl halides is 1. The van der Waals surface area contributed by atoms with Gasteiger partial charge in [0, 0.05) is 17.3 Å². The largest absolute Gasteiger partial charge is 0.422 e. The van der Waals surface area contributed by atoms with Gasteiger partial charge in [0.1, 0.15) is 16.9 Å². The second-order valence-electron chi connectivity index (χ2n) is 5.10. The van der Waals surface area contributed by atoms with Gasteiger partial charge in [0.15, 0.2) is 0 Å². The molecular formula is C17H10ClNO6. The number of halogens is 1. The highest BCUT2D eigenvalue weighted by molar-refractivity contribution is 6.17. The number of fused-ring (bicyclic) bond motifs is 1. The first kappa shape index (κ1) is 16.7. The Bertz CT molecular complexity index is 1040. The highest BCUT2D eigenvalue weighted by Crippen LogP contribution is 2.21. The van der Waals surface area contributed by atoms with Crippen molar-refractivity contribution in [1.82, 2.24) is 0 Å². The number of non-ortho nitro benzene ring substituents is 1. The topological polar surface area (TPSA) is 99.7 Å². The molecule has 8 heteroatoms. The number of carbonyl (C=O) groups excluding carboxylic acids is 1. The van der Waals surface area contributed by atoms with Gasteiger partial charge in [0.2, 0.25) is 0 Å². The molecule has 0 N–H and O–H groups in total. The molecule has 0 fully saturated rings. The predicted molar refractivity (Wildman–Crippen MR) is 90.1 cm³/mol. The van der Waals surface area contributed by atoms with Gasteiger partial charge in [-0.15, -0.1) is 11.6 Å². The molecule has 25 heavy (non-hydrogen) atoms. The van der Waals surface area contributed by atoms with Crippen LogP contribution in [-0.4, -0.2) is 10.9 Å². The summed E-state index contributed by atoms with van der Waals surface area (Å²) >= 11 is 5.77. The molecule has 2 aromatic carbocycles. The zero-order valence-corrected chi connectivity index (χ0v) is 13.4. The number of nitro benzene ring substituents is 1. The molecule has 0 aliphatic heterocycles. The average Bonchev–Trinajstić information content (AvgIpc) is 2.60. The number of rotatable bonds is 4. The molecule has 3 aromatic rings. The van der Waals surface area contributed by atoms with Crippen LogP contribution in [0.5, 0.6) is 5.75 Å². The lowest BCUT2D eigenvalue weighted by atomic mass is 10.1. The minimum absolute atomic E-state index is 0.0480. The second kappa shape index (κ2) is 6.74. The van der Waals surface area contributed by atoms with Gasteiger partial charge in [-0.05, 0) is 29.8 Å². The molecule has 0 bridgehead atoms. The summed E-state index contributed by atoms with van der Waals surface area (Å²) in [5.41, 5.74) is -0.304. The van der Waals surface area contributed by atoms with E-state index in [2.05, 4.69) is 0 Å². The first-order chi connectivity index (χ1) is 12.0. The molecule has 0 amide bonds. The van der Waals surface area contributed by atoms with E-state index in [0.29, 0.717) is 11.0 Å². The van der Waals surface area contributed by atoms with Crippen molar-refractivity contribution < 1.29 is 18.9 Å². The lowest BCUT2D eigenvalue weighted by Crippen LogP contribution is -2.18. The van der Waals surface area contributed by atoms with Crippen LogP contribution >= 0.6 is 11.6 Å². The maximum Gasteiger partial charge on any atom is 0.351 e. The van der Waals surface area contributed by atoms with E-state index in [1.807, 2.05) is 0 Å². The number of nitrogens with zero attached hydrogens (tertiary/aromatic N) is 1. The van der Waals surface area contributed by atoms with E-state index >= 15 is 0 Å². The Balaban J connectivity index is 1.96. The highest BCUT2D eigenvalue weighted by atomic mass is 35.5. The number of hydrogen-bond acceptors (Lipinski definition) is 6. The van der Waals surface area contributed by atoms with Gasteiger partial charge in [-0.2, -0.15) is 0 Å². The first-order valence-electron chi connectivity index (χ1n) is 7.07. The molecule has 0 radical (unpaired) electrons. The maximum absolute atomic E-state index is 12.2. The fourth-order valence-corrected chi connectivity index (χ4v) is 2.39. The minimum atomic E-state index is -0.965. The van der Waals surface area contributed by atoms with Crippen LogP contribution in [0.2, 0.25) is 0 Å². The van der Waals surface area contributed by atoms with Gasteiger partial charge in [-0.25, -0.2) is 9.59 Å². The Morgan fingerprint density at radius 3 is 2.72 bits per heavy atom. The van der Waals surface area contributed by atoms with Crippen LogP contribution in [0.4, 0.5) is 5.69 Å². The van der Waals surface area contributed by atoms with E-state index < -0.39 is 16.5 Å². The molecule has 0 aliphatic carbocycles. The van der Waals surface area contributed by atoms with E-state index in [1.165, 1.54) is 24.3 Å². The molecule has 0 atom stereocenters. The van der Waals surface area contributed by atoms with Gasteiger partial charge in [-0.1, -0.05) is 12.1 Å². The molecule has 7 nitrogen and oxygen atoms in total. The van der Waals surface area contributed by atoms with Gasteiger partial charge in [0.05, 0.1) is 11.0 Å². The van der Waals surface area contributed by atoms with Crippen molar-refractivity contribution in [2.24, 2.45) is 0 Å². The van der Waals surface area contributed by atoms with Crippen molar-refractivity contribution in [1.29, 1.82) is 0 Å². The number of benzene rings is 2. The lowest BCUT2D eigenvalue weighted by Gasteiger charge is -2.05. The summed E-state index contributed by atoms with van der Waals surface area (Å²) in [4.78, 5) is 34.4. The minimum Gasteiger partial charge on any atom is -0.422 e. The van der Waals surface area contributed by atoms with E-state index in [0.717, 1.165) is 11.6 Å². The third kappa shape index (κ3) is 3.51. The van der Waals surface area contributed by atoms with Crippen LogP contribution in [0.15, 0.2) is 57.7 Å². The van der Waals surface area contributed by atoms with E-state index in [4.69, 9.17) is 20.8 Å². The van der Waals surface area contributed by atoms with Crippen LogP contribution < -0.4 is 10.4 Å². The highest BCUT2D eigenvalue weighted by Gasteiger charge is 2.17. The molecule has 0 saturated carbocycles. The Hall–Kier alpha value is -3.19. The molecule has 126 valence electrons. The SMILES string of the molecule is O=C(Oc1cccc([N+](=O)[O-])c1)c1cc2cc(CCl)ccc2oc1=O. The van der Waals surface area contributed by atoms with Crippen LogP contribution in [0, 0.1) is 10.1 Å². The molecule has 0 spiro atoms. The van der Waals surface area contributed by atoms with Crippen molar-refractivity contribution in [3.05, 3.63) is 80.2 Å². The van der Waals surface area contributed by atoms with Crippen molar-refractivity contribution >= 4 is 34.2 Å². The number of esters is 1. The molecular weight excluding hydrogens is 350 g/mol. The summed E-state index contributed by atoms with van der Waals surface area (Å²) in [6.07, 6.45) is 0. The normalized spacial score (nSPS) is 10.6. The van der Waals surface area contributed by atoms with Crippen LogP contribution in [0.25, 0.3) is 11.0 Å². The van der Waals surface area contributed by atoms with Crippen molar-refractivity contribution in [2.75, 3.05) is 0 Å². The summed E-state index contributed by atoms with van der Waals surface area (Å²) in [6.45, 7) is 0. The van der Waals surface area contributed by atoms with Crippen LogP contribution in [-0.2, 0) is 5.88 Å². The summed E-state index contributed by atoms with van der Waals surface area (Å²) < 4.78 is 10.2. The Kier molecular flexibility index (Phi) is 4.49. The molecule has 0 unspecified atom stereocenters. The summed E-state index contributed by atoms with van der Waals surface area (Å²) in [5.74, 6) is -0.747. The smallest absolute Gasteiger partial charge is 0.351 e. The van der Waals surface area contributed by atoms with Crippen molar-refractivity contribution in [3.63, 3.8) is 0 Å². The monoisotopic (exact) mass is 359 g/mol. The Morgan fingerprint density at radius 2 is 2.00 bits per heavy atom. The van der Waals surface area contributed by atoms with Gasteiger partial charge in [0.25, 0.3) is 5.69 Å². The molecule has 0 saturated heterocycles. The summed E-state index contributed by atoms with van der Waals surface area (Å²) in [5, 5.41) is 11.3. The Labute approximate surface area is 145 Å². The fourth-order valence-electron chi connectivity index (χ4n) is 2.22. The molecule has 1 aromatic heterocycles. The third-order valence-electron chi connectivity index (χ3n) is 3.41. The average molecular weight is 360 g/mol. The first-order valence-corrected chi connectivity index (χ1v) is 7.61. The molecule has 1 heterocycles. The molecule has 0 aliphatic rings. The van der Waals surface area contributed by atoms with Gasteiger partial charge >= 0.3 is 11.6 Å². The van der Waals surface area contributed by atoms with E-state index in [1.54, 1.807) is 18.2 Å². The van der Waals surface area contributed by atoms with E-state index in [-0.39, 0.29) is 22.9 Å². The van der Waals surface area contributed by atoms with Gasteiger partial charge in [-0.3, -0.25) is 10.1 Å². The zero-order chi connectivity index (χ0) is 18.0. The Morgan fingerprint density at radius 1 is 1.20 bits per heavy atom. The number of nitro groups is 1. The predicted octanol–water partition coefficient (Wildman–Crippen LogP) is 3.66. The third-order valence-corrected chi connectivity index (χ3v) is 3.72. The second-order valence-corrected chi connectivity index (χ2v) is 5.36. The quantitative estimate of drug-likeness (QED) is 0.176. The van der Waals surface area contributed by atoms with Crippen LogP contribution in [0.1, 0.15) is 15.9 Å². The standard InChI is InChI=1S/C17H10ClNO6/c18-9-10-4-5-15-11(6-10)7-14(17(21)25-15)16(20)24-13-3-1-2-12(8-13)19(22)23/h1-8H,9H2. The van der Waals surface area contributed by atoms with Crippen molar-refractivity contribution in [3.8, 4) is 5.75 Å². The number of hydrogen-bond donors (Lipinski definition) is 0. The molecule has 3 rings (SSSR count). The fraction of sp³-hybridized carbons (Fsp3) is 0.0588. The van der Waals surface area contributed by atoms with Crippen LogP contribution in [0.3, 0.4) is 0 Å². The summed E-state index contributed by atoms with van der Waals surface area (Å²) in [7, 11) is 0. The van der Waals surface area contributed by atoms with Gasteiger partial charge < -0.3 is 9.15 Å². The van der Waals surface area contributed by atoms with Crippen molar-refractivity contribution in [2.45, 2.75) is 5.88 Å². The number of carbonyl (C=O) groups is 1.